The number of fused-ring (bicyclic) bond motifs is 1. The molecule has 0 aliphatic carbocycles. The zero-order chi connectivity index (χ0) is 6.97. The topological polar surface area (TPSA) is 18.5 Å². The van der Waals surface area contributed by atoms with Gasteiger partial charge in [0, 0.05) is 6.61 Å². The van der Waals surface area contributed by atoms with Crippen LogP contribution in [0.25, 0.3) is 0 Å². The number of rotatable bonds is 1. The van der Waals surface area contributed by atoms with E-state index in [2.05, 4.69) is 6.92 Å². The van der Waals surface area contributed by atoms with Crippen LogP contribution in [0.15, 0.2) is 0 Å². The Labute approximate surface area is 61.5 Å². The van der Waals surface area contributed by atoms with Gasteiger partial charge < -0.3 is 9.47 Å². The maximum absolute atomic E-state index is 5.57. The third kappa shape index (κ3) is 0.867. The maximum atomic E-state index is 5.57. The largest absolute Gasteiger partial charge is 0.373 e. The Morgan fingerprint density at radius 1 is 1.50 bits per heavy atom. The molecule has 0 saturated carbocycles. The first kappa shape index (κ1) is 6.62. The summed E-state index contributed by atoms with van der Waals surface area (Å²) in [5.41, 5.74) is 0. The molecule has 2 aliphatic heterocycles. The van der Waals surface area contributed by atoms with E-state index in [0.29, 0.717) is 18.3 Å². The van der Waals surface area contributed by atoms with Gasteiger partial charge in [-0.3, -0.25) is 0 Å². The fraction of sp³-hybridized carbons (Fsp3) is 1.00. The highest BCUT2D eigenvalue weighted by Gasteiger charge is 2.43. The average Bonchev–Trinajstić information content (AvgIpc) is 1.92. The van der Waals surface area contributed by atoms with E-state index in [9.17, 15) is 0 Å². The molecule has 58 valence electrons. The molecule has 2 heteroatoms. The smallest absolute Gasteiger partial charge is 0.110 e. The fourth-order valence-corrected chi connectivity index (χ4v) is 1.81. The van der Waals surface area contributed by atoms with Crippen LogP contribution in [0, 0.1) is 0 Å². The lowest BCUT2D eigenvalue weighted by Crippen LogP contribution is -2.56. The molecule has 2 heterocycles. The molecule has 0 spiro atoms. The summed E-state index contributed by atoms with van der Waals surface area (Å²) in [6, 6.07) is 0. The van der Waals surface area contributed by atoms with Gasteiger partial charge in [-0.25, -0.2) is 0 Å². The molecule has 0 aromatic rings. The van der Waals surface area contributed by atoms with Crippen molar-refractivity contribution in [3.63, 3.8) is 0 Å². The molecule has 0 N–H and O–H groups in total. The highest BCUT2D eigenvalue weighted by Crippen LogP contribution is 2.33. The lowest BCUT2D eigenvalue weighted by Gasteiger charge is -2.46. The quantitative estimate of drug-likeness (QED) is 0.550. The molecule has 2 rings (SSSR count). The average molecular weight is 142 g/mol. The standard InChI is InChI=1S/C8H14O2/c1-2-6-8-7(10-6)4-3-5-9-8/h6-8H,2-5H2,1H3/t6-,7+,8+/m0/s1. The summed E-state index contributed by atoms with van der Waals surface area (Å²) in [5, 5.41) is 0. The Kier molecular flexibility index (Phi) is 1.66. The van der Waals surface area contributed by atoms with E-state index in [0.717, 1.165) is 13.0 Å². The molecule has 0 aromatic heterocycles. The summed E-state index contributed by atoms with van der Waals surface area (Å²) in [4.78, 5) is 0. The van der Waals surface area contributed by atoms with Crippen molar-refractivity contribution in [2.24, 2.45) is 0 Å². The van der Waals surface area contributed by atoms with Crippen molar-refractivity contribution >= 4 is 0 Å². The van der Waals surface area contributed by atoms with Gasteiger partial charge in [-0.1, -0.05) is 6.92 Å². The van der Waals surface area contributed by atoms with E-state index in [4.69, 9.17) is 9.47 Å². The molecule has 2 saturated heterocycles. The summed E-state index contributed by atoms with van der Waals surface area (Å²) >= 11 is 0. The molecule has 2 aliphatic rings. The van der Waals surface area contributed by atoms with E-state index >= 15 is 0 Å². The van der Waals surface area contributed by atoms with Crippen LogP contribution >= 0.6 is 0 Å². The minimum atomic E-state index is 0.408. The van der Waals surface area contributed by atoms with Crippen molar-refractivity contribution in [3.8, 4) is 0 Å². The number of hydrogen-bond acceptors (Lipinski definition) is 2. The van der Waals surface area contributed by atoms with Gasteiger partial charge >= 0.3 is 0 Å². The Balaban J connectivity index is 1.89. The van der Waals surface area contributed by atoms with Crippen molar-refractivity contribution in [2.75, 3.05) is 6.61 Å². The molecule has 10 heavy (non-hydrogen) atoms. The molecular weight excluding hydrogens is 128 g/mol. The zero-order valence-electron chi connectivity index (χ0n) is 6.38. The first-order valence-electron chi connectivity index (χ1n) is 4.19. The molecular formula is C8H14O2. The van der Waals surface area contributed by atoms with Crippen molar-refractivity contribution in [1.29, 1.82) is 0 Å². The van der Waals surface area contributed by atoms with E-state index in [1.54, 1.807) is 0 Å². The molecule has 0 amide bonds. The van der Waals surface area contributed by atoms with Crippen LogP contribution in [-0.4, -0.2) is 24.9 Å². The SMILES string of the molecule is CC[C@@H]1O[C@@H]2CCCO[C@H]12. The van der Waals surface area contributed by atoms with E-state index < -0.39 is 0 Å². The van der Waals surface area contributed by atoms with E-state index in [-0.39, 0.29) is 0 Å². The van der Waals surface area contributed by atoms with Gasteiger partial charge in [-0.05, 0) is 19.3 Å². The Morgan fingerprint density at radius 3 is 3.10 bits per heavy atom. The minimum Gasteiger partial charge on any atom is -0.373 e. The summed E-state index contributed by atoms with van der Waals surface area (Å²) in [6.07, 6.45) is 4.78. The van der Waals surface area contributed by atoms with Crippen molar-refractivity contribution < 1.29 is 9.47 Å². The van der Waals surface area contributed by atoms with Crippen LogP contribution < -0.4 is 0 Å². The van der Waals surface area contributed by atoms with Gasteiger partial charge in [0.15, 0.2) is 0 Å². The van der Waals surface area contributed by atoms with Gasteiger partial charge in [0.05, 0.1) is 12.2 Å². The van der Waals surface area contributed by atoms with Crippen molar-refractivity contribution in [1.82, 2.24) is 0 Å². The van der Waals surface area contributed by atoms with Crippen LogP contribution in [0.2, 0.25) is 0 Å². The number of hydrogen-bond donors (Lipinski definition) is 0. The highest BCUT2D eigenvalue weighted by atomic mass is 16.6. The lowest BCUT2D eigenvalue weighted by atomic mass is 9.93. The Hall–Kier alpha value is -0.0800. The first-order chi connectivity index (χ1) is 4.92. The molecule has 2 fully saturated rings. The predicted octanol–water partition coefficient (Wildman–Crippen LogP) is 1.34. The van der Waals surface area contributed by atoms with Crippen LogP contribution in [0.4, 0.5) is 0 Å². The van der Waals surface area contributed by atoms with Crippen LogP contribution in [-0.2, 0) is 9.47 Å². The van der Waals surface area contributed by atoms with Crippen LogP contribution in [0.1, 0.15) is 26.2 Å². The molecule has 0 aromatic carbocycles. The summed E-state index contributed by atoms with van der Waals surface area (Å²) in [6.45, 7) is 3.10. The monoisotopic (exact) mass is 142 g/mol. The molecule has 2 nitrogen and oxygen atoms in total. The third-order valence-corrected chi connectivity index (χ3v) is 2.43. The molecule has 3 atom stereocenters. The summed E-state index contributed by atoms with van der Waals surface area (Å²) < 4.78 is 11.1. The van der Waals surface area contributed by atoms with Gasteiger partial charge in [0.1, 0.15) is 6.10 Å². The molecule has 0 bridgehead atoms. The zero-order valence-corrected chi connectivity index (χ0v) is 6.38. The van der Waals surface area contributed by atoms with Gasteiger partial charge in [0.25, 0.3) is 0 Å². The summed E-state index contributed by atoms with van der Waals surface area (Å²) in [7, 11) is 0. The van der Waals surface area contributed by atoms with E-state index in [1.807, 2.05) is 0 Å². The maximum Gasteiger partial charge on any atom is 0.110 e. The van der Waals surface area contributed by atoms with Gasteiger partial charge in [-0.2, -0.15) is 0 Å². The van der Waals surface area contributed by atoms with Crippen LogP contribution in [0.3, 0.4) is 0 Å². The fourth-order valence-electron chi connectivity index (χ4n) is 1.81. The normalized spacial score (nSPS) is 45.9. The number of ether oxygens (including phenoxy) is 2. The lowest BCUT2D eigenvalue weighted by molar-refractivity contribution is -0.261. The van der Waals surface area contributed by atoms with Crippen molar-refractivity contribution in [3.05, 3.63) is 0 Å². The highest BCUT2D eigenvalue weighted by molar-refractivity contribution is 4.90. The predicted molar refractivity (Wildman–Crippen MR) is 37.9 cm³/mol. The second-order valence-corrected chi connectivity index (χ2v) is 3.10. The second-order valence-electron chi connectivity index (χ2n) is 3.10. The molecule has 0 radical (unpaired) electrons. The summed E-state index contributed by atoms with van der Waals surface area (Å²) in [5.74, 6) is 0. The minimum absolute atomic E-state index is 0.408. The first-order valence-corrected chi connectivity index (χ1v) is 4.19. The molecule has 0 unspecified atom stereocenters. The van der Waals surface area contributed by atoms with Crippen LogP contribution in [0.5, 0.6) is 0 Å². The van der Waals surface area contributed by atoms with Gasteiger partial charge in [-0.15, -0.1) is 0 Å². The van der Waals surface area contributed by atoms with Crippen molar-refractivity contribution in [2.45, 2.75) is 44.5 Å². The van der Waals surface area contributed by atoms with E-state index in [1.165, 1.54) is 12.8 Å². The van der Waals surface area contributed by atoms with Gasteiger partial charge in [0.2, 0.25) is 0 Å². The third-order valence-electron chi connectivity index (χ3n) is 2.43. The Morgan fingerprint density at radius 2 is 2.40 bits per heavy atom. The second kappa shape index (κ2) is 2.51. The Bertz CT molecular complexity index is 120.